The monoisotopic (exact) mass is 233 g/mol. The van der Waals surface area contributed by atoms with Crippen molar-refractivity contribution in [1.29, 1.82) is 0 Å². The summed E-state index contributed by atoms with van der Waals surface area (Å²) < 4.78 is 0. The average molecular weight is 234 g/mol. The van der Waals surface area contributed by atoms with Crippen molar-refractivity contribution in [3.05, 3.63) is 53.6 Å². The second kappa shape index (κ2) is 4.72. The Balaban J connectivity index is 2.18. The van der Waals surface area contributed by atoms with Gasteiger partial charge in [0.05, 0.1) is 5.69 Å². The van der Waals surface area contributed by atoms with Crippen LogP contribution in [0, 0.1) is 0 Å². The van der Waals surface area contributed by atoms with Crippen LogP contribution >= 0.6 is 11.6 Å². The lowest BCUT2D eigenvalue weighted by Gasteiger charge is -2.05. The first-order valence-corrected chi connectivity index (χ1v) is 4.97. The van der Waals surface area contributed by atoms with Crippen LogP contribution in [-0.4, -0.2) is 15.9 Å². The molecule has 2 rings (SSSR count). The van der Waals surface area contributed by atoms with Crippen LogP contribution in [0.15, 0.2) is 42.9 Å². The second-order valence-electron chi connectivity index (χ2n) is 3.03. The molecule has 0 aromatic carbocycles. The van der Waals surface area contributed by atoms with Gasteiger partial charge in [-0.2, -0.15) is 0 Å². The molecule has 0 spiro atoms. The molecule has 0 bridgehead atoms. The first-order valence-electron chi connectivity index (χ1n) is 4.59. The van der Waals surface area contributed by atoms with Gasteiger partial charge in [0.1, 0.15) is 0 Å². The van der Waals surface area contributed by atoms with Crippen LogP contribution in [0.4, 0.5) is 5.69 Å². The highest BCUT2D eigenvalue weighted by atomic mass is 35.5. The summed E-state index contributed by atoms with van der Waals surface area (Å²) in [7, 11) is 0. The van der Waals surface area contributed by atoms with Gasteiger partial charge in [0.15, 0.2) is 5.15 Å². The maximum atomic E-state index is 11.7. The lowest BCUT2D eigenvalue weighted by atomic mass is 10.2. The van der Waals surface area contributed by atoms with E-state index in [2.05, 4.69) is 15.3 Å². The molecule has 2 aromatic rings. The van der Waals surface area contributed by atoms with Crippen molar-refractivity contribution in [2.24, 2.45) is 0 Å². The molecule has 0 aliphatic carbocycles. The average Bonchev–Trinajstić information content (AvgIpc) is 2.33. The van der Waals surface area contributed by atoms with Crippen molar-refractivity contribution in [2.45, 2.75) is 0 Å². The molecule has 0 radical (unpaired) electrons. The Morgan fingerprint density at radius 3 is 2.62 bits per heavy atom. The quantitative estimate of drug-likeness (QED) is 0.811. The Kier molecular flexibility index (Phi) is 3.12. The molecule has 0 saturated carbocycles. The summed E-state index contributed by atoms with van der Waals surface area (Å²) in [5.74, 6) is -0.239. The molecule has 4 nitrogen and oxygen atoms in total. The number of aromatic nitrogens is 2. The summed E-state index contributed by atoms with van der Waals surface area (Å²) >= 11 is 5.82. The number of amides is 1. The van der Waals surface area contributed by atoms with E-state index in [-0.39, 0.29) is 11.1 Å². The smallest absolute Gasteiger partial charge is 0.255 e. The van der Waals surface area contributed by atoms with E-state index in [1.54, 1.807) is 42.9 Å². The number of carbonyl (C=O) groups excluding carboxylic acids is 1. The maximum Gasteiger partial charge on any atom is 0.255 e. The molecule has 2 aromatic heterocycles. The predicted molar refractivity (Wildman–Crippen MR) is 61.4 cm³/mol. The van der Waals surface area contributed by atoms with Gasteiger partial charge in [-0.1, -0.05) is 11.6 Å². The van der Waals surface area contributed by atoms with Crippen LogP contribution in [0.25, 0.3) is 0 Å². The Bertz CT molecular complexity index is 502. The minimum absolute atomic E-state index is 0.239. The molecule has 1 amide bonds. The molecule has 5 heteroatoms. The molecule has 0 atom stereocenters. The fourth-order valence-corrected chi connectivity index (χ4v) is 1.34. The van der Waals surface area contributed by atoms with Gasteiger partial charge in [-0.3, -0.25) is 9.78 Å². The Labute approximate surface area is 97.3 Å². The molecule has 0 unspecified atom stereocenters. The molecule has 2 heterocycles. The van der Waals surface area contributed by atoms with Crippen molar-refractivity contribution < 1.29 is 4.79 Å². The number of halogens is 1. The number of nitrogens with zero attached hydrogens (tertiary/aromatic N) is 2. The van der Waals surface area contributed by atoms with Crippen molar-refractivity contribution in [3.63, 3.8) is 0 Å². The summed E-state index contributed by atoms with van der Waals surface area (Å²) in [4.78, 5) is 19.4. The summed E-state index contributed by atoms with van der Waals surface area (Å²) in [6.45, 7) is 0. The molecule has 0 saturated heterocycles. The minimum Gasteiger partial charge on any atom is -0.319 e. The van der Waals surface area contributed by atoms with Crippen LogP contribution in [0.3, 0.4) is 0 Å². The number of nitrogens with one attached hydrogen (secondary N) is 1. The zero-order chi connectivity index (χ0) is 11.4. The SMILES string of the molecule is O=C(Nc1cccnc1Cl)c1ccncc1. The van der Waals surface area contributed by atoms with E-state index in [1.165, 1.54) is 0 Å². The second-order valence-corrected chi connectivity index (χ2v) is 3.39. The normalized spacial score (nSPS) is 9.81. The highest BCUT2D eigenvalue weighted by molar-refractivity contribution is 6.32. The largest absolute Gasteiger partial charge is 0.319 e. The Hall–Kier alpha value is -1.94. The number of hydrogen-bond acceptors (Lipinski definition) is 3. The van der Waals surface area contributed by atoms with Gasteiger partial charge in [0.2, 0.25) is 0 Å². The predicted octanol–water partition coefficient (Wildman–Crippen LogP) is 2.38. The zero-order valence-corrected chi connectivity index (χ0v) is 8.98. The van der Waals surface area contributed by atoms with Crippen molar-refractivity contribution in [2.75, 3.05) is 5.32 Å². The molecular weight excluding hydrogens is 226 g/mol. The number of rotatable bonds is 2. The molecule has 80 valence electrons. The van der Waals surface area contributed by atoms with Gasteiger partial charge in [-0.25, -0.2) is 4.98 Å². The van der Waals surface area contributed by atoms with Gasteiger partial charge in [0, 0.05) is 24.2 Å². The van der Waals surface area contributed by atoms with Crippen LogP contribution in [0.1, 0.15) is 10.4 Å². The summed E-state index contributed by atoms with van der Waals surface area (Å²) in [6.07, 6.45) is 4.67. The molecule has 0 aliphatic heterocycles. The fourth-order valence-electron chi connectivity index (χ4n) is 1.18. The van der Waals surface area contributed by atoms with E-state index >= 15 is 0 Å². The molecule has 0 fully saturated rings. The number of hydrogen-bond donors (Lipinski definition) is 1. The van der Waals surface area contributed by atoms with E-state index < -0.39 is 0 Å². The zero-order valence-electron chi connectivity index (χ0n) is 8.22. The van der Waals surface area contributed by atoms with Crippen LogP contribution in [0.5, 0.6) is 0 Å². The standard InChI is InChI=1S/C11H8ClN3O/c12-10-9(2-1-5-14-10)15-11(16)8-3-6-13-7-4-8/h1-7H,(H,15,16). The van der Waals surface area contributed by atoms with Crippen molar-refractivity contribution in [1.82, 2.24) is 9.97 Å². The first-order chi connectivity index (χ1) is 7.77. The van der Waals surface area contributed by atoms with E-state index in [9.17, 15) is 4.79 Å². The third kappa shape index (κ3) is 2.35. The summed E-state index contributed by atoms with van der Waals surface area (Å²) in [5, 5.41) is 2.93. The highest BCUT2D eigenvalue weighted by Crippen LogP contribution is 2.18. The van der Waals surface area contributed by atoms with E-state index in [0.717, 1.165) is 0 Å². The number of anilines is 1. The van der Waals surface area contributed by atoms with Gasteiger partial charge >= 0.3 is 0 Å². The van der Waals surface area contributed by atoms with Crippen molar-refractivity contribution in [3.8, 4) is 0 Å². The summed E-state index contributed by atoms with van der Waals surface area (Å²) in [6, 6.07) is 6.64. The maximum absolute atomic E-state index is 11.7. The first kappa shape index (κ1) is 10.6. The lowest BCUT2D eigenvalue weighted by Crippen LogP contribution is -2.12. The number of carbonyl (C=O) groups is 1. The van der Waals surface area contributed by atoms with Gasteiger partial charge in [-0.15, -0.1) is 0 Å². The van der Waals surface area contributed by atoms with E-state index in [1.807, 2.05) is 0 Å². The number of pyridine rings is 2. The highest BCUT2D eigenvalue weighted by Gasteiger charge is 2.07. The topological polar surface area (TPSA) is 54.9 Å². The van der Waals surface area contributed by atoms with Crippen molar-refractivity contribution >= 4 is 23.2 Å². The fraction of sp³-hybridized carbons (Fsp3) is 0. The van der Waals surface area contributed by atoms with Gasteiger partial charge in [0.25, 0.3) is 5.91 Å². The lowest BCUT2D eigenvalue weighted by molar-refractivity contribution is 0.102. The minimum atomic E-state index is -0.239. The Morgan fingerprint density at radius 2 is 1.94 bits per heavy atom. The Morgan fingerprint density at radius 1 is 1.19 bits per heavy atom. The van der Waals surface area contributed by atoms with Crippen LogP contribution in [-0.2, 0) is 0 Å². The van der Waals surface area contributed by atoms with Crippen LogP contribution in [0.2, 0.25) is 5.15 Å². The van der Waals surface area contributed by atoms with E-state index in [0.29, 0.717) is 11.3 Å². The van der Waals surface area contributed by atoms with Crippen LogP contribution < -0.4 is 5.32 Å². The summed E-state index contributed by atoms with van der Waals surface area (Å²) in [5.41, 5.74) is 1.01. The van der Waals surface area contributed by atoms with Gasteiger partial charge in [-0.05, 0) is 24.3 Å². The molecule has 1 N–H and O–H groups in total. The van der Waals surface area contributed by atoms with Gasteiger partial charge < -0.3 is 5.32 Å². The molecular formula is C11H8ClN3O. The molecule has 16 heavy (non-hydrogen) atoms. The van der Waals surface area contributed by atoms with E-state index in [4.69, 9.17) is 11.6 Å². The molecule has 0 aliphatic rings. The third-order valence-corrected chi connectivity index (χ3v) is 2.25. The third-order valence-electron chi connectivity index (χ3n) is 1.95.